The monoisotopic (exact) mass is 444 g/mol. The molecule has 168 valence electrons. The molecule has 4 rings (SSSR count). The highest BCUT2D eigenvalue weighted by molar-refractivity contribution is 7.88. The molecule has 1 saturated heterocycles. The van der Waals surface area contributed by atoms with Gasteiger partial charge in [0, 0.05) is 18.8 Å². The highest BCUT2D eigenvalue weighted by Gasteiger charge is 2.37. The zero-order valence-electron chi connectivity index (χ0n) is 18.3. The number of sulfonamides is 1. The Labute approximate surface area is 185 Å². The standard InChI is InChI=1S/C23H32N4O3S/c1-17-14-24-15-23(25-17)27-13-12-21(26-31(2,28)29)22(27)16-30-20-10-8-19(9-11-20)18-6-4-3-5-7-18/h3-7,14-15,19-22,26H,8-13,16H2,1-2H3/t19-,20+,21-,22-/m0/s1. The second-order valence-corrected chi connectivity index (χ2v) is 10.6. The summed E-state index contributed by atoms with van der Waals surface area (Å²) in [6, 6.07) is 10.4. The number of nitrogens with zero attached hydrogens (tertiary/aromatic N) is 3. The molecular weight excluding hydrogens is 412 g/mol. The van der Waals surface area contributed by atoms with Gasteiger partial charge in [-0.15, -0.1) is 0 Å². The Morgan fingerprint density at radius 3 is 2.52 bits per heavy atom. The van der Waals surface area contributed by atoms with Crippen molar-refractivity contribution in [1.82, 2.24) is 14.7 Å². The van der Waals surface area contributed by atoms with Crippen LogP contribution in [0.2, 0.25) is 0 Å². The molecule has 1 saturated carbocycles. The Balaban J connectivity index is 1.39. The van der Waals surface area contributed by atoms with Gasteiger partial charge < -0.3 is 9.64 Å². The van der Waals surface area contributed by atoms with Gasteiger partial charge in [0.25, 0.3) is 0 Å². The quantitative estimate of drug-likeness (QED) is 0.707. The minimum atomic E-state index is -3.30. The van der Waals surface area contributed by atoms with Crippen molar-refractivity contribution < 1.29 is 13.2 Å². The maximum atomic E-state index is 11.9. The van der Waals surface area contributed by atoms with Crippen LogP contribution < -0.4 is 9.62 Å². The molecule has 31 heavy (non-hydrogen) atoms. The molecule has 0 radical (unpaired) electrons. The van der Waals surface area contributed by atoms with Gasteiger partial charge >= 0.3 is 0 Å². The second kappa shape index (κ2) is 9.63. The van der Waals surface area contributed by atoms with E-state index in [4.69, 9.17) is 4.74 Å². The minimum absolute atomic E-state index is 0.0994. The molecule has 2 fully saturated rings. The fraction of sp³-hybridized carbons (Fsp3) is 0.565. The van der Waals surface area contributed by atoms with Crippen LogP contribution in [0.15, 0.2) is 42.7 Å². The maximum Gasteiger partial charge on any atom is 0.209 e. The van der Waals surface area contributed by atoms with Gasteiger partial charge in [-0.05, 0) is 50.5 Å². The number of aromatic nitrogens is 2. The van der Waals surface area contributed by atoms with Crippen molar-refractivity contribution >= 4 is 15.8 Å². The summed E-state index contributed by atoms with van der Waals surface area (Å²) in [7, 11) is -3.30. The number of aryl methyl sites for hydroxylation is 1. The molecule has 2 aliphatic rings. The molecule has 2 heterocycles. The van der Waals surface area contributed by atoms with Crippen molar-refractivity contribution in [1.29, 1.82) is 0 Å². The summed E-state index contributed by atoms with van der Waals surface area (Å²) in [5, 5.41) is 0. The van der Waals surface area contributed by atoms with Gasteiger partial charge in [0.15, 0.2) is 0 Å². The molecule has 0 bridgehead atoms. The predicted octanol–water partition coefficient (Wildman–Crippen LogP) is 3.02. The summed E-state index contributed by atoms with van der Waals surface area (Å²) in [6.45, 7) is 3.11. The van der Waals surface area contributed by atoms with Crippen LogP contribution in [0.4, 0.5) is 5.82 Å². The zero-order chi connectivity index (χ0) is 21.8. The van der Waals surface area contributed by atoms with E-state index in [0.29, 0.717) is 12.5 Å². The predicted molar refractivity (Wildman–Crippen MR) is 122 cm³/mol. The number of benzene rings is 1. The Morgan fingerprint density at radius 2 is 1.84 bits per heavy atom. The zero-order valence-corrected chi connectivity index (χ0v) is 19.1. The number of hydrogen-bond donors (Lipinski definition) is 1. The molecule has 2 atom stereocenters. The van der Waals surface area contributed by atoms with Gasteiger partial charge in [-0.3, -0.25) is 4.98 Å². The number of nitrogens with one attached hydrogen (secondary N) is 1. The van der Waals surface area contributed by atoms with Crippen LogP contribution in [0.5, 0.6) is 0 Å². The number of hydrogen-bond acceptors (Lipinski definition) is 6. The SMILES string of the molecule is Cc1cncc(N2CC[C@H](NS(C)(=O)=O)[C@@H]2CO[C@H]2CC[C@@H](c3ccccc3)CC2)n1. The van der Waals surface area contributed by atoms with E-state index < -0.39 is 10.0 Å². The van der Waals surface area contributed by atoms with Gasteiger partial charge in [0.05, 0.1) is 36.9 Å². The maximum absolute atomic E-state index is 11.9. The van der Waals surface area contributed by atoms with Crippen LogP contribution >= 0.6 is 0 Å². The Bertz CT molecular complexity index is 962. The average molecular weight is 445 g/mol. The minimum Gasteiger partial charge on any atom is -0.376 e. The topological polar surface area (TPSA) is 84.4 Å². The van der Waals surface area contributed by atoms with Gasteiger partial charge in [0.2, 0.25) is 10.0 Å². The Morgan fingerprint density at radius 1 is 1.10 bits per heavy atom. The lowest BCUT2D eigenvalue weighted by atomic mass is 9.83. The summed E-state index contributed by atoms with van der Waals surface area (Å²) in [6.07, 6.45) is 9.92. The third-order valence-corrected chi connectivity index (χ3v) is 7.13. The highest BCUT2D eigenvalue weighted by Crippen LogP contribution is 2.34. The lowest BCUT2D eigenvalue weighted by Gasteiger charge is -2.33. The van der Waals surface area contributed by atoms with E-state index in [0.717, 1.165) is 50.2 Å². The second-order valence-electron chi connectivity index (χ2n) is 8.78. The van der Waals surface area contributed by atoms with Crippen molar-refractivity contribution in [3.05, 3.63) is 54.0 Å². The first-order valence-corrected chi connectivity index (χ1v) is 13.0. The molecule has 0 spiro atoms. The normalized spacial score (nSPS) is 26.8. The third kappa shape index (κ3) is 5.81. The van der Waals surface area contributed by atoms with E-state index in [1.54, 1.807) is 12.4 Å². The van der Waals surface area contributed by atoms with E-state index in [9.17, 15) is 8.42 Å². The molecule has 8 heteroatoms. The molecule has 0 unspecified atom stereocenters. The molecule has 1 N–H and O–H groups in total. The number of rotatable bonds is 7. The first kappa shape index (κ1) is 22.2. The Hall–Kier alpha value is -2.03. The van der Waals surface area contributed by atoms with Crippen molar-refractivity contribution in [2.24, 2.45) is 0 Å². The van der Waals surface area contributed by atoms with Crippen LogP contribution in [0, 0.1) is 6.92 Å². The molecule has 7 nitrogen and oxygen atoms in total. The smallest absolute Gasteiger partial charge is 0.209 e. The third-order valence-electron chi connectivity index (χ3n) is 6.40. The number of ether oxygens (including phenoxy) is 1. The van der Waals surface area contributed by atoms with Crippen molar-refractivity contribution in [2.45, 2.75) is 63.1 Å². The van der Waals surface area contributed by atoms with E-state index in [2.05, 4.69) is 49.9 Å². The van der Waals surface area contributed by atoms with E-state index in [1.807, 2.05) is 6.92 Å². The summed E-state index contributed by atoms with van der Waals surface area (Å²) in [4.78, 5) is 11.0. The van der Waals surface area contributed by atoms with E-state index in [1.165, 1.54) is 11.8 Å². The average Bonchev–Trinajstić information content (AvgIpc) is 3.14. The molecule has 1 aliphatic heterocycles. The van der Waals surface area contributed by atoms with Gasteiger partial charge in [-0.25, -0.2) is 18.1 Å². The Kier molecular flexibility index (Phi) is 6.89. The van der Waals surface area contributed by atoms with Crippen molar-refractivity contribution in [3.63, 3.8) is 0 Å². The van der Waals surface area contributed by atoms with E-state index >= 15 is 0 Å². The van der Waals surface area contributed by atoms with Crippen LogP contribution in [0.1, 0.15) is 49.3 Å². The van der Waals surface area contributed by atoms with Crippen LogP contribution in [0.3, 0.4) is 0 Å². The highest BCUT2D eigenvalue weighted by atomic mass is 32.2. The number of anilines is 1. The van der Waals surface area contributed by atoms with Crippen molar-refractivity contribution in [2.75, 3.05) is 24.3 Å². The first-order chi connectivity index (χ1) is 14.9. The van der Waals surface area contributed by atoms with Crippen LogP contribution in [-0.2, 0) is 14.8 Å². The molecular formula is C23H32N4O3S. The summed E-state index contributed by atoms with van der Waals surface area (Å²) < 4.78 is 33.0. The van der Waals surface area contributed by atoms with Gasteiger partial charge in [-0.2, -0.15) is 0 Å². The molecule has 1 aromatic carbocycles. The molecule has 2 aromatic rings. The lowest BCUT2D eigenvalue weighted by molar-refractivity contribution is 0.0156. The van der Waals surface area contributed by atoms with Crippen LogP contribution in [-0.4, -0.2) is 56.0 Å². The lowest BCUT2D eigenvalue weighted by Crippen LogP contribution is -2.48. The summed E-state index contributed by atoms with van der Waals surface area (Å²) in [5.41, 5.74) is 2.26. The molecule has 1 aliphatic carbocycles. The fourth-order valence-corrected chi connectivity index (χ4v) is 5.69. The summed E-state index contributed by atoms with van der Waals surface area (Å²) in [5.74, 6) is 1.38. The molecule has 1 aromatic heterocycles. The van der Waals surface area contributed by atoms with Crippen LogP contribution in [0.25, 0.3) is 0 Å². The largest absolute Gasteiger partial charge is 0.376 e. The van der Waals surface area contributed by atoms with Gasteiger partial charge in [0.1, 0.15) is 5.82 Å². The van der Waals surface area contributed by atoms with E-state index in [-0.39, 0.29) is 18.2 Å². The fourth-order valence-electron chi connectivity index (χ4n) is 4.87. The van der Waals surface area contributed by atoms with Crippen molar-refractivity contribution in [3.8, 4) is 0 Å². The first-order valence-electron chi connectivity index (χ1n) is 11.1. The molecule has 0 amide bonds. The summed E-state index contributed by atoms with van der Waals surface area (Å²) >= 11 is 0. The van der Waals surface area contributed by atoms with Gasteiger partial charge in [-0.1, -0.05) is 30.3 Å².